The van der Waals surface area contributed by atoms with Crippen molar-refractivity contribution in [1.29, 1.82) is 0 Å². The molecule has 1 N–H and O–H groups in total. The number of nitrogens with zero attached hydrogens (tertiary/aromatic N) is 2. The average Bonchev–Trinajstić information content (AvgIpc) is 3.14. The summed E-state index contributed by atoms with van der Waals surface area (Å²) in [6.07, 6.45) is 11.9. The van der Waals surface area contributed by atoms with E-state index in [4.69, 9.17) is 4.98 Å². The molecule has 1 amide bonds. The topological polar surface area (TPSA) is 46.9 Å². The van der Waals surface area contributed by atoms with Crippen molar-refractivity contribution in [3.63, 3.8) is 0 Å². The highest BCUT2D eigenvalue weighted by molar-refractivity contribution is 5.94. The highest BCUT2D eigenvalue weighted by Crippen LogP contribution is 2.18. The molecule has 0 saturated carbocycles. The highest BCUT2D eigenvalue weighted by atomic mass is 16.1. The standard InChI is InChI=1S/C27H37N3O/c1-3-4-5-6-7-8-9-10-13-19-30-25-18-12-11-17-24(25)29-26(30)21-28-27(31)23-16-14-15-22(2)20-23/h11-12,14-18,20H,3-10,13,19,21H2,1-2H3,(H,28,31). The fraction of sp³-hybridized carbons (Fsp3) is 0.481. The van der Waals surface area contributed by atoms with Gasteiger partial charge in [-0.05, 0) is 37.6 Å². The van der Waals surface area contributed by atoms with Crippen molar-refractivity contribution in [2.24, 2.45) is 0 Å². The number of aryl methyl sites for hydroxylation is 2. The van der Waals surface area contributed by atoms with Crippen LogP contribution in [0.25, 0.3) is 11.0 Å². The molecule has 0 bridgehead atoms. The Morgan fingerprint density at radius 2 is 1.61 bits per heavy atom. The zero-order valence-electron chi connectivity index (χ0n) is 19.2. The molecule has 31 heavy (non-hydrogen) atoms. The summed E-state index contributed by atoms with van der Waals surface area (Å²) in [5, 5.41) is 3.06. The summed E-state index contributed by atoms with van der Waals surface area (Å²) in [5.41, 5.74) is 3.94. The van der Waals surface area contributed by atoms with Gasteiger partial charge in [-0.3, -0.25) is 4.79 Å². The maximum atomic E-state index is 12.6. The van der Waals surface area contributed by atoms with Crippen LogP contribution in [0.15, 0.2) is 48.5 Å². The van der Waals surface area contributed by atoms with Gasteiger partial charge in [0.25, 0.3) is 5.91 Å². The summed E-state index contributed by atoms with van der Waals surface area (Å²) >= 11 is 0. The third kappa shape index (κ3) is 6.95. The Hall–Kier alpha value is -2.62. The Labute approximate surface area is 187 Å². The van der Waals surface area contributed by atoms with Crippen LogP contribution in [0, 0.1) is 6.92 Å². The molecule has 0 radical (unpaired) electrons. The molecular weight excluding hydrogens is 382 g/mol. The van der Waals surface area contributed by atoms with Crippen LogP contribution in [0.4, 0.5) is 0 Å². The molecule has 166 valence electrons. The minimum Gasteiger partial charge on any atom is -0.345 e. The van der Waals surface area contributed by atoms with Gasteiger partial charge in [-0.15, -0.1) is 0 Å². The van der Waals surface area contributed by atoms with E-state index in [0.29, 0.717) is 12.1 Å². The van der Waals surface area contributed by atoms with Gasteiger partial charge in [0.05, 0.1) is 17.6 Å². The van der Waals surface area contributed by atoms with Gasteiger partial charge in [0, 0.05) is 12.1 Å². The normalized spacial score (nSPS) is 11.2. The second kappa shape index (κ2) is 12.3. The Morgan fingerprint density at radius 1 is 0.903 bits per heavy atom. The van der Waals surface area contributed by atoms with E-state index in [1.54, 1.807) is 0 Å². The molecule has 0 atom stereocenters. The van der Waals surface area contributed by atoms with Crippen LogP contribution in [0.3, 0.4) is 0 Å². The molecule has 0 aliphatic heterocycles. The Morgan fingerprint density at radius 3 is 2.35 bits per heavy atom. The molecule has 0 aliphatic carbocycles. The molecule has 4 heteroatoms. The number of benzene rings is 2. The lowest BCUT2D eigenvalue weighted by molar-refractivity contribution is 0.0949. The van der Waals surface area contributed by atoms with Crippen LogP contribution in [-0.2, 0) is 13.1 Å². The van der Waals surface area contributed by atoms with Crippen LogP contribution >= 0.6 is 0 Å². The minimum absolute atomic E-state index is 0.0506. The predicted molar refractivity (Wildman–Crippen MR) is 129 cm³/mol. The SMILES string of the molecule is CCCCCCCCCCCn1c(CNC(=O)c2cccc(C)c2)nc2ccccc21. The summed E-state index contributed by atoms with van der Waals surface area (Å²) in [6.45, 7) is 5.66. The number of hydrogen-bond donors (Lipinski definition) is 1. The summed E-state index contributed by atoms with van der Waals surface area (Å²) in [6, 6.07) is 16.0. The van der Waals surface area contributed by atoms with Crippen molar-refractivity contribution in [2.75, 3.05) is 0 Å². The maximum Gasteiger partial charge on any atom is 0.251 e. The summed E-state index contributed by atoms with van der Waals surface area (Å²) < 4.78 is 2.28. The number of fused-ring (bicyclic) bond motifs is 1. The number of unbranched alkanes of at least 4 members (excludes halogenated alkanes) is 8. The monoisotopic (exact) mass is 419 g/mol. The second-order valence-electron chi connectivity index (χ2n) is 8.55. The smallest absolute Gasteiger partial charge is 0.251 e. The molecule has 0 fully saturated rings. The van der Waals surface area contributed by atoms with Gasteiger partial charge in [-0.25, -0.2) is 4.98 Å². The first-order chi connectivity index (χ1) is 15.2. The number of para-hydroxylation sites is 2. The largest absolute Gasteiger partial charge is 0.345 e. The second-order valence-corrected chi connectivity index (χ2v) is 8.55. The van der Waals surface area contributed by atoms with Crippen molar-refractivity contribution in [1.82, 2.24) is 14.9 Å². The molecule has 0 saturated heterocycles. The Balaban J connectivity index is 1.54. The number of nitrogens with one attached hydrogen (secondary N) is 1. The number of aromatic nitrogens is 2. The molecular formula is C27H37N3O. The van der Waals surface area contributed by atoms with Gasteiger partial charge in [-0.1, -0.05) is 88.1 Å². The van der Waals surface area contributed by atoms with E-state index in [9.17, 15) is 4.79 Å². The molecule has 3 rings (SSSR count). The van der Waals surface area contributed by atoms with E-state index in [1.807, 2.05) is 43.3 Å². The first-order valence-electron chi connectivity index (χ1n) is 12.0. The fourth-order valence-corrected chi connectivity index (χ4v) is 4.14. The van der Waals surface area contributed by atoms with Crippen LogP contribution in [0.2, 0.25) is 0 Å². The zero-order valence-corrected chi connectivity index (χ0v) is 19.2. The number of hydrogen-bond acceptors (Lipinski definition) is 2. The molecule has 1 aromatic heterocycles. The number of rotatable bonds is 13. The van der Waals surface area contributed by atoms with Crippen LogP contribution in [0.5, 0.6) is 0 Å². The summed E-state index contributed by atoms with van der Waals surface area (Å²) in [7, 11) is 0. The van der Waals surface area contributed by atoms with Gasteiger partial charge in [-0.2, -0.15) is 0 Å². The zero-order chi connectivity index (χ0) is 21.9. The van der Waals surface area contributed by atoms with Crippen LogP contribution in [-0.4, -0.2) is 15.5 Å². The predicted octanol–water partition coefficient (Wildman–Crippen LogP) is 6.81. The van der Waals surface area contributed by atoms with E-state index >= 15 is 0 Å². The van der Waals surface area contributed by atoms with E-state index in [2.05, 4.69) is 28.9 Å². The lowest BCUT2D eigenvalue weighted by Gasteiger charge is -2.11. The van der Waals surface area contributed by atoms with E-state index in [-0.39, 0.29) is 5.91 Å². The van der Waals surface area contributed by atoms with Crippen molar-refractivity contribution in [2.45, 2.75) is 84.7 Å². The van der Waals surface area contributed by atoms with Gasteiger partial charge < -0.3 is 9.88 Å². The molecule has 0 spiro atoms. The first-order valence-corrected chi connectivity index (χ1v) is 12.0. The molecule has 0 aliphatic rings. The lowest BCUT2D eigenvalue weighted by atomic mass is 10.1. The first kappa shape index (κ1) is 23.1. The van der Waals surface area contributed by atoms with Crippen molar-refractivity contribution >= 4 is 16.9 Å². The molecule has 3 aromatic rings. The Bertz CT molecular complexity index is 960. The molecule has 1 heterocycles. The summed E-state index contributed by atoms with van der Waals surface area (Å²) in [5.74, 6) is 0.882. The van der Waals surface area contributed by atoms with Crippen molar-refractivity contribution < 1.29 is 4.79 Å². The number of carbonyl (C=O) groups excluding carboxylic acids is 1. The average molecular weight is 420 g/mol. The lowest BCUT2D eigenvalue weighted by Crippen LogP contribution is -2.24. The maximum absolute atomic E-state index is 12.6. The fourth-order valence-electron chi connectivity index (χ4n) is 4.14. The van der Waals surface area contributed by atoms with E-state index < -0.39 is 0 Å². The summed E-state index contributed by atoms with van der Waals surface area (Å²) in [4.78, 5) is 17.4. The van der Waals surface area contributed by atoms with E-state index in [0.717, 1.165) is 35.4 Å². The van der Waals surface area contributed by atoms with E-state index in [1.165, 1.54) is 51.4 Å². The third-order valence-electron chi connectivity index (χ3n) is 5.91. The quantitative estimate of drug-likeness (QED) is 0.309. The highest BCUT2D eigenvalue weighted by Gasteiger charge is 2.12. The third-order valence-corrected chi connectivity index (χ3v) is 5.91. The molecule has 4 nitrogen and oxygen atoms in total. The molecule has 0 unspecified atom stereocenters. The van der Waals surface area contributed by atoms with Gasteiger partial charge in [0.1, 0.15) is 5.82 Å². The van der Waals surface area contributed by atoms with Crippen molar-refractivity contribution in [3.8, 4) is 0 Å². The Kier molecular flexibility index (Phi) is 9.14. The number of amides is 1. The molecule has 2 aromatic carbocycles. The van der Waals surface area contributed by atoms with Crippen LogP contribution < -0.4 is 5.32 Å². The van der Waals surface area contributed by atoms with Crippen molar-refractivity contribution in [3.05, 3.63) is 65.5 Å². The number of imidazole rings is 1. The number of carbonyl (C=O) groups is 1. The minimum atomic E-state index is -0.0506. The van der Waals surface area contributed by atoms with Crippen LogP contribution in [0.1, 0.15) is 86.5 Å². The van der Waals surface area contributed by atoms with Gasteiger partial charge in [0.15, 0.2) is 0 Å². The van der Waals surface area contributed by atoms with Gasteiger partial charge in [0.2, 0.25) is 0 Å². The van der Waals surface area contributed by atoms with Gasteiger partial charge >= 0.3 is 0 Å².